The molecule has 2 aromatic rings. The second-order valence-corrected chi connectivity index (χ2v) is 6.72. The van der Waals surface area contributed by atoms with E-state index in [-0.39, 0.29) is 0 Å². The second kappa shape index (κ2) is 7.11. The first-order valence-electron chi connectivity index (χ1n) is 7.59. The third-order valence-corrected chi connectivity index (χ3v) is 4.78. The largest absolute Gasteiger partial charge is 0.492 e. The Balaban J connectivity index is 1.71. The van der Waals surface area contributed by atoms with E-state index in [1.54, 1.807) is 11.3 Å². The van der Waals surface area contributed by atoms with Crippen molar-refractivity contribution in [2.45, 2.75) is 32.4 Å². The lowest BCUT2D eigenvalue weighted by Crippen LogP contribution is -2.35. The normalized spacial score (nSPS) is 13.7. The zero-order valence-electron chi connectivity index (χ0n) is 12.6. The van der Waals surface area contributed by atoms with Gasteiger partial charge in [-0.1, -0.05) is 18.2 Å². The van der Waals surface area contributed by atoms with Gasteiger partial charge in [-0.3, -0.25) is 0 Å². The van der Waals surface area contributed by atoms with Gasteiger partial charge >= 0.3 is 0 Å². The first-order valence-corrected chi connectivity index (χ1v) is 8.88. The fraction of sp³-hybridized carbons (Fsp3) is 0.353. The van der Waals surface area contributed by atoms with E-state index in [1.807, 2.05) is 31.2 Å². The summed E-state index contributed by atoms with van der Waals surface area (Å²) in [5, 5.41) is 6.26. The van der Waals surface area contributed by atoms with Crippen molar-refractivity contribution < 1.29 is 4.74 Å². The summed E-state index contributed by atoms with van der Waals surface area (Å²) in [5.41, 5.74) is 0.936. The predicted octanol–water partition coefficient (Wildman–Crippen LogP) is 4.51. The second-order valence-electron chi connectivity index (χ2n) is 5.30. The van der Waals surface area contributed by atoms with Crippen molar-refractivity contribution in [2.24, 2.45) is 0 Å². The highest BCUT2D eigenvalue weighted by Gasteiger charge is 2.31. The van der Waals surface area contributed by atoms with Crippen LogP contribution >= 0.6 is 23.6 Å². The molecule has 0 bridgehead atoms. The van der Waals surface area contributed by atoms with Crippen LogP contribution in [-0.4, -0.2) is 22.7 Å². The molecule has 1 aliphatic rings. The molecule has 0 amide bonds. The van der Waals surface area contributed by atoms with Gasteiger partial charge in [-0.2, -0.15) is 0 Å². The van der Waals surface area contributed by atoms with Gasteiger partial charge in [0.15, 0.2) is 5.11 Å². The first kappa shape index (κ1) is 15.3. The highest BCUT2D eigenvalue weighted by molar-refractivity contribution is 7.80. The molecule has 1 aromatic heterocycles. The van der Waals surface area contributed by atoms with Crippen molar-refractivity contribution in [1.82, 2.24) is 4.90 Å². The molecule has 0 saturated heterocycles. The summed E-state index contributed by atoms with van der Waals surface area (Å²) in [6.45, 7) is 3.51. The zero-order chi connectivity index (χ0) is 15.4. The number of nitrogens with one attached hydrogen (secondary N) is 1. The van der Waals surface area contributed by atoms with E-state index >= 15 is 0 Å². The van der Waals surface area contributed by atoms with Gasteiger partial charge < -0.3 is 15.0 Å². The van der Waals surface area contributed by atoms with Crippen LogP contribution in [0.15, 0.2) is 41.8 Å². The number of nitrogens with zero attached hydrogens (tertiary/aromatic N) is 1. The topological polar surface area (TPSA) is 24.5 Å². The van der Waals surface area contributed by atoms with E-state index in [9.17, 15) is 0 Å². The van der Waals surface area contributed by atoms with E-state index < -0.39 is 0 Å². The molecule has 116 valence electrons. The summed E-state index contributed by atoms with van der Waals surface area (Å²) in [5.74, 6) is 0.847. The van der Waals surface area contributed by atoms with Gasteiger partial charge in [0.1, 0.15) is 5.75 Å². The molecular weight excluding hydrogens is 312 g/mol. The Morgan fingerprint density at radius 3 is 2.82 bits per heavy atom. The van der Waals surface area contributed by atoms with Crippen molar-refractivity contribution in [3.05, 3.63) is 46.7 Å². The molecule has 22 heavy (non-hydrogen) atoms. The molecule has 5 heteroatoms. The van der Waals surface area contributed by atoms with Gasteiger partial charge in [-0.25, -0.2) is 0 Å². The summed E-state index contributed by atoms with van der Waals surface area (Å²) < 4.78 is 5.66. The van der Waals surface area contributed by atoms with Gasteiger partial charge in [0, 0.05) is 10.9 Å². The molecule has 0 unspecified atom stereocenters. The van der Waals surface area contributed by atoms with Crippen LogP contribution in [0.25, 0.3) is 0 Å². The average Bonchev–Trinajstić information content (AvgIpc) is 3.23. The number of ether oxygens (including phenoxy) is 1. The van der Waals surface area contributed by atoms with Crippen molar-refractivity contribution >= 4 is 34.4 Å². The molecule has 0 aliphatic heterocycles. The molecule has 3 nitrogen and oxygen atoms in total. The third-order valence-electron chi connectivity index (χ3n) is 3.58. The molecule has 0 radical (unpaired) electrons. The Morgan fingerprint density at radius 2 is 2.14 bits per heavy atom. The van der Waals surface area contributed by atoms with Crippen LogP contribution in [0.4, 0.5) is 5.69 Å². The highest BCUT2D eigenvalue weighted by atomic mass is 32.1. The zero-order valence-corrected chi connectivity index (χ0v) is 14.3. The van der Waals surface area contributed by atoms with E-state index in [1.165, 1.54) is 17.7 Å². The van der Waals surface area contributed by atoms with Gasteiger partial charge in [-0.05, 0) is 55.6 Å². The third kappa shape index (κ3) is 3.78. The van der Waals surface area contributed by atoms with Crippen molar-refractivity contribution in [2.75, 3.05) is 11.9 Å². The number of para-hydroxylation sites is 2. The number of thiocarbonyl (C=S) groups is 1. The molecule has 1 N–H and O–H groups in total. The Bertz CT molecular complexity index is 623. The molecule has 1 heterocycles. The molecule has 1 aliphatic carbocycles. The van der Waals surface area contributed by atoms with E-state index in [2.05, 4.69) is 27.7 Å². The van der Waals surface area contributed by atoms with E-state index in [0.717, 1.165) is 23.1 Å². The molecule has 1 aromatic carbocycles. The SMILES string of the molecule is CCOc1ccccc1NC(=S)N(Cc1cccs1)C1CC1. The number of thiophene rings is 1. The minimum atomic E-state index is 0.571. The van der Waals surface area contributed by atoms with Gasteiger partial charge in [0.2, 0.25) is 0 Å². The van der Waals surface area contributed by atoms with Gasteiger partial charge in [-0.15, -0.1) is 11.3 Å². The van der Waals surface area contributed by atoms with Crippen LogP contribution in [-0.2, 0) is 6.54 Å². The fourth-order valence-electron chi connectivity index (χ4n) is 2.36. The number of hydrogen-bond acceptors (Lipinski definition) is 3. The lowest BCUT2D eigenvalue weighted by molar-refractivity contribution is 0.342. The monoisotopic (exact) mass is 332 g/mol. The van der Waals surface area contributed by atoms with Crippen LogP contribution < -0.4 is 10.1 Å². The number of rotatable bonds is 6. The summed E-state index contributed by atoms with van der Waals surface area (Å²) in [6.07, 6.45) is 2.45. The molecule has 3 rings (SSSR count). The van der Waals surface area contributed by atoms with E-state index in [4.69, 9.17) is 17.0 Å². The predicted molar refractivity (Wildman–Crippen MR) is 96.7 cm³/mol. The summed E-state index contributed by atoms with van der Waals surface area (Å²) >= 11 is 7.43. The summed E-state index contributed by atoms with van der Waals surface area (Å²) in [7, 11) is 0. The molecule has 0 atom stereocenters. The molecular formula is C17H20N2OS2. The Morgan fingerprint density at radius 1 is 1.32 bits per heavy atom. The van der Waals surface area contributed by atoms with Crippen LogP contribution in [0.3, 0.4) is 0 Å². The standard InChI is InChI=1S/C17H20N2OS2/c1-2-20-16-8-4-3-7-15(16)18-17(21)19(13-9-10-13)12-14-6-5-11-22-14/h3-8,11,13H,2,9-10,12H2,1H3,(H,18,21). The van der Waals surface area contributed by atoms with Crippen molar-refractivity contribution in [1.29, 1.82) is 0 Å². The number of hydrogen-bond donors (Lipinski definition) is 1. The van der Waals surface area contributed by atoms with Crippen molar-refractivity contribution in [3.8, 4) is 5.75 Å². The smallest absolute Gasteiger partial charge is 0.174 e. The van der Waals surface area contributed by atoms with Gasteiger partial charge in [0.25, 0.3) is 0 Å². The Kier molecular flexibility index (Phi) is 4.95. The number of benzene rings is 1. The quantitative estimate of drug-likeness (QED) is 0.787. The first-order chi connectivity index (χ1) is 10.8. The average molecular weight is 332 g/mol. The maximum atomic E-state index is 5.66. The van der Waals surface area contributed by atoms with Crippen LogP contribution in [0, 0.1) is 0 Å². The molecule has 1 fully saturated rings. The summed E-state index contributed by atoms with van der Waals surface area (Å²) in [6, 6.07) is 12.8. The highest BCUT2D eigenvalue weighted by Crippen LogP contribution is 2.31. The Labute approximate surface area is 140 Å². The van der Waals surface area contributed by atoms with Gasteiger partial charge in [0.05, 0.1) is 18.8 Å². The van der Waals surface area contributed by atoms with Crippen LogP contribution in [0.1, 0.15) is 24.6 Å². The fourth-order valence-corrected chi connectivity index (χ4v) is 3.39. The number of anilines is 1. The summed E-state index contributed by atoms with van der Waals surface area (Å²) in [4.78, 5) is 3.64. The Hall–Kier alpha value is -1.59. The van der Waals surface area contributed by atoms with E-state index in [0.29, 0.717) is 12.6 Å². The molecule has 1 saturated carbocycles. The minimum absolute atomic E-state index is 0.571. The maximum absolute atomic E-state index is 5.66. The maximum Gasteiger partial charge on any atom is 0.174 e. The van der Waals surface area contributed by atoms with Crippen LogP contribution in [0.2, 0.25) is 0 Å². The lowest BCUT2D eigenvalue weighted by atomic mass is 10.3. The molecule has 0 spiro atoms. The lowest BCUT2D eigenvalue weighted by Gasteiger charge is -2.26. The van der Waals surface area contributed by atoms with Crippen molar-refractivity contribution in [3.63, 3.8) is 0 Å². The minimum Gasteiger partial charge on any atom is -0.492 e. The van der Waals surface area contributed by atoms with Crippen LogP contribution in [0.5, 0.6) is 5.75 Å².